The molecule has 5 nitrogen and oxygen atoms in total. The maximum atomic E-state index is 11.7. The normalized spacial score (nSPS) is 21.9. The molecular weight excluding hydrogens is 268 g/mol. The van der Waals surface area contributed by atoms with Crippen LogP contribution in [0.25, 0.3) is 0 Å². The van der Waals surface area contributed by atoms with Gasteiger partial charge in [-0.05, 0) is 66.8 Å². The molecule has 0 unspecified atom stereocenters. The summed E-state index contributed by atoms with van der Waals surface area (Å²) in [4.78, 5) is 11.7. The first-order valence-electron chi connectivity index (χ1n) is 8.11. The molecule has 0 aromatic carbocycles. The van der Waals surface area contributed by atoms with Crippen molar-refractivity contribution in [2.75, 3.05) is 13.2 Å². The summed E-state index contributed by atoms with van der Waals surface area (Å²) in [5.74, 6) is 0. The Bertz CT molecular complexity index is 309. The lowest BCUT2D eigenvalue weighted by Crippen LogP contribution is -2.41. The van der Waals surface area contributed by atoms with Gasteiger partial charge in [0.25, 0.3) is 0 Å². The lowest BCUT2D eigenvalue weighted by molar-refractivity contribution is 0.0504. The SMILES string of the molecule is C[C@H](C[C@H](C)NC(=O)OC(C)(C)C)NCC[C@@H]1CCCO1. The lowest BCUT2D eigenvalue weighted by Gasteiger charge is -2.24. The number of hydrogen-bond acceptors (Lipinski definition) is 4. The summed E-state index contributed by atoms with van der Waals surface area (Å²) in [5.41, 5.74) is -0.449. The average molecular weight is 300 g/mol. The highest BCUT2D eigenvalue weighted by Gasteiger charge is 2.19. The fourth-order valence-electron chi connectivity index (χ4n) is 2.54. The van der Waals surface area contributed by atoms with Crippen molar-refractivity contribution in [2.45, 2.75) is 84.1 Å². The second-order valence-electron chi connectivity index (χ2n) is 7.06. The largest absolute Gasteiger partial charge is 0.444 e. The van der Waals surface area contributed by atoms with Gasteiger partial charge >= 0.3 is 6.09 Å². The van der Waals surface area contributed by atoms with Crippen LogP contribution in [0.2, 0.25) is 0 Å². The maximum Gasteiger partial charge on any atom is 0.407 e. The first-order chi connectivity index (χ1) is 9.76. The van der Waals surface area contributed by atoms with Gasteiger partial charge in [-0.1, -0.05) is 0 Å². The van der Waals surface area contributed by atoms with Crippen molar-refractivity contribution >= 4 is 6.09 Å². The highest BCUT2D eigenvalue weighted by Crippen LogP contribution is 2.14. The van der Waals surface area contributed by atoms with Crippen molar-refractivity contribution in [1.82, 2.24) is 10.6 Å². The monoisotopic (exact) mass is 300 g/mol. The quantitative estimate of drug-likeness (QED) is 0.759. The molecule has 1 aliphatic heterocycles. The fraction of sp³-hybridized carbons (Fsp3) is 0.938. The number of carbonyl (C=O) groups is 1. The van der Waals surface area contributed by atoms with Crippen LogP contribution in [0.3, 0.4) is 0 Å². The van der Waals surface area contributed by atoms with Crippen LogP contribution in [0.4, 0.5) is 4.79 Å². The van der Waals surface area contributed by atoms with Gasteiger partial charge in [-0.2, -0.15) is 0 Å². The molecule has 5 heteroatoms. The van der Waals surface area contributed by atoms with Gasteiger partial charge in [0.1, 0.15) is 5.60 Å². The summed E-state index contributed by atoms with van der Waals surface area (Å²) in [7, 11) is 0. The molecule has 124 valence electrons. The molecule has 0 bridgehead atoms. The molecule has 0 aromatic rings. The zero-order valence-corrected chi connectivity index (χ0v) is 14.2. The van der Waals surface area contributed by atoms with E-state index < -0.39 is 5.60 Å². The summed E-state index contributed by atoms with van der Waals surface area (Å²) in [6, 6.07) is 0.446. The minimum atomic E-state index is -0.449. The number of rotatable bonds is 7. The van der Waals surface area contributed by atoms with Crippen LogP contribution in [0.15, 0.2) is 0 Å². The minimum absolute atomic E-state index is 0.0880. The lowest BCUT2D eigenvalue weighted by atomic mass is 10.1. The van der Waals surface area contributed by atoms with Gasteiger partial charge < -0.3 is 20.1 Å². The smallest absolute Gasteiger partial charge is 0.407 e. The first kappa shape index (κ1) is 18.2. The molecule has 0 saturated carbocycles. The Labute approximate surface area is 129 Å². The molecule has 1 heterocycles. The standard InChI is InChI=1S/C16H32N2O3/c1-12(17-9-8-14-7-6-10-20-14)11-13(2)18-15(19)21-16(3,4)5/h12-14,17H,6-11H2,1-5H3,(H,18,19)/t12-,13+,14+/m1/s1. The molecule has 0 radical (unpaired) electrons. The van der Waals surface area contributed by atoms with Gasteiger partial charge in [-0.25, -0.2) is 4.79 Å². The third kappa shape index (κ3) is 8.94. The second kappa shape index (κ2) is 8.59. The van der Waals surface area contributed by atoms with Gasteiger partial charge in [0.05, 0.1) is 6.10 Å². The van der Waals surface area contributed by atoms with Gasteiger partial charge in [0.2, 0.25) is 0 Å². The summed E-state index contributed by atoms with van der Waals surface area (Å²) in [5, 5.41) is 6.36. The molecule has 1 rings (SSSR count). The molecular formula is C16H32N2O3. The van der Waals surface area contributed by atoms with Crippen LogP contribution in [0.5, 0.6) is 0 Å². The average Bonchev–Trinajstić information content (AvgIpc) is 2.78. The number of ether oxygens (including phenoxy) is 2. The predicted octanol–water partition coefficient (Wildman–Crippen LogP) is 2.84. The third-order valence-corrected chi connectivity index (χ3v) is 3.45. The highest BCUT2D eigenvalue weighted by atomic mass is 16.6. The van der Waals surface area contributed by atoms with Crippen molar-refractivity contribution in [1.29, 1.82) is 0 Å². The Morgan fingerprint density at radius 3 is 2.62 bits per heavy atom. The van der Waals surface area contributed by atoms with Gasteiger partial charge in [-0.3, -0.25) is 0 Å². The van der Waals surface area contributed by atoms with E-state index >= 15 is 0 Å². The van der Waals surface area contributed by atoms with E-state index in [0.717, 1.165) is 26.0 Å². The molecule has 1 saturated heterocycles. The van der Waals surface area contributed by atoms with Crippen LogP contribution in [-0.2, 0) is 9.47 Å². The molecule has 2 N–H and O–H groups in total. The number of hydrogen-bond donors (Lipinski definition) is 2. The molecule has 1 aliphatic rings. The number of amides is 1. The Morgan fingerprint density at radius 2 is 2.05 bits per heavy atom. The van der Waals surface area contributed by atoms with E-state index in [9.17, 15) is 4.79 Å². The Kier molecular flexibility index (Phi) is 7.46. The molecule has 0 aromatic heterocycles. The molecule has 21 heavy (non-hydrogen) atoms. The van der Waals surface area contributed by atoms with E-state index in [-0.39, 0.29) is 12.1 Å². The minimum Gasteiger partial charge on any atom is -0.444 e. The second-order valence-corrected chi connectivity index (χ2v) is 7.06. The Morgan fingerprint density at radius 1 is 1.33 bits per heavy atom. The predicted molar refractivity (Wildman–Crippen MR) is 84.5 cm³/mol. The Hall–Kier alpha value is -0.810. The van der Waals surface area contributed by atoms with Crippen LogP contribution < -0.4 is 10.6 Å². The summed E-state index contributed by atoms with van der Waals surface area (Å²) in [6.07, 6.45) is 4.41. The van der Waals surface area contributed by atoms with Crippen molar-refractivity contribution in [3.8, 4) is 0 Å². The topological polar surface area (TPSA) is 59.6 Å². The van der Waals surface area contributed by atoms with Crippen LogP contribution in [-0.4, -0.2) is 43.0 Å². The highest BCUT2D eigenvalue weighted by molar-refractivity contribution is 5.68. The summed E-state index contributed by atoms with van der Waals surface area (Å²) >= 11 is 0. The first-order valence-corrected chi connectivity index (χ1v) is 8.11. The van der Waals surface area contributed by atoms with Gasteiger partial charge in [-0.15, -0.1) is 0 Å². The van der Waals surface area contributed by atoms with Crippen LogP contribution in [0, 0.1) is 0 Å². The number of carbonyl (C=O) groups excluding carboxylic acids is 1. The van der Waals surface area contributed by atoms with E-state index in [4.69, 9.17) is 9.47 Å². The van der Waals surface area contributed by atoms with E-state index in [1.54, 1.807) is 0 Å². The number of alkyl carbamates (subject to hydrolysis) is 1. The van der Waals surface area contributed by atoms with Crippen LogP contribution >= 0.6 is 0 Å². The molecule has 1 fully saturated rings. The molecule has 0 spiro atoms. The van der Waals surface area contributed by atoms with Crippen molar-refractivity contribution < 1.29 is 14.3 Å². The van der Waals surface area contributed by atoms with Crippen molar-refractivity contribution in [2.24, 2.45) is 0 Å². The van der Waals surface area contributed by atoms with E-state index in [2.05, 4.69) is 17.6 Å². The van der Waals surface area contributed by atoms with Gasteiger partial charge in [0, 0.05) is 18.7 Å². The molecule has 1 amide bonds. The zero-order chi connectivity index (χ0) is 15.9. The van der Waals surface area contributed by atoms with E-state index in [1.165, 1.54) is 12.8 Å². The van der Waals surface area contributed by atoms with Gasteiger partial charge in [0.15, 0.2) is 0 Å². The summed E-state index contributed by atoms with van der Waals surface area (Å²) < 4.78 is 10.9. The fourth-order valence-corrected chi connectivity index (χ4v) is 2.54. The molecule has 3 atom stereocenters. The van der Waals surface area contributed by atoms with Crippen molar-refractivity contribution in [3.05, 3.63) is 0 Å². The van der Waals surface area contributed by atoms with E-state index in [0.29, 0.717) is 12.1 Å². The van der Waals surface area contributed by atoms with Crippen molar-refractivity contribution in [3.63, 3.8) is 0 Å². The maximum absolute atomic E-state index is 11.7. The zero-order valence-electron chi connectivity index (χ0n) is 14.2. The molecule has 0 aliphatic carbocycles. The number of nitrogens with one attached hydrogen (secondary N) is 2. The third-order valence-electron chi connectivity index (χ3n) is 3.45. The van der Waals surface area contributed by atoms with E-state index in [1.807, 2.05) is 27.7 Å². The summed E-state index contributed by atoms with van der Waals surface area (Å²) in [6.45, 7) is 11.6. The Balaban J connectivity index is 2.11. The van der Waals surface area contributed by atoms with Crippen LogP contribution in [0.1, 0.15) is 60.3 Å².